The van der Waals surface area contributed by atoms with Crippen molar-refractivity contribution in [3.63, 3.8) is 0 Å². The summed E-state index contributed by atoms with van der Waals surface area (Å²) in [6.45, 7) is 5.25. The maximum absolute atomic E-state index is 12.4. The summed E-state index contributed by atoms with van der Waals surface area (Å²) < 4.78 is 0. The monoisotopic (exact) mass is 290 g/mol. The van der Waals surface area contributed by atoms with Gasteiger partial charge in [0.15, 0.2) is 13.1 Å². The number of quaternary nitrogens is 1. The predicted octanol–water partition coefficient (Wildman–Crippen LogP) is -0.385. The minimum atomic E-state index is -0.0166. The molecule has 1 aliphatic heterocycles. The van der Waals surface area contributed by atoms with Crippen molar-refractivity contribution in [1.29, 1.82) is 0 Å². The number of fused-ring (bicyclic) bond motifs is 1. The standard InChI is InChI=1S/C16H23N3O2/c1-12(2)17-15(20)10-18(3)11-16(21)19-9-8-13-6-4-5-7-14(13)19/h4-7,12H,8-11H2,1-3H3,(H,17,20)/p+1. The van der Waals surface area contributed by atoms with Crippen LogP contribution >= 0.6 is 0 Å². The summed E-state index contributed by atoms with van der Waals surface area (Å²) in [6, 6.07) is 8.14. The number of carbonyl (C=O) groups is 2. The van der Waals surface area contributed by atoms with Crippen LogP contribution in [-0.2, 0) is 16.0 Å². The number of hydrogen-bond donors (Lipinski definition) is 2. The Labute approximate surface area is 125 Å². The highest BCUT2D eigenvalue weighted by Crippen LogP contribution is 2.26. The first-order valence-electron chi connectivity index (χ1n) is 7.46. The molecule has 0 saturated carbocycles. The minimum Gasteiger partial charge on any atom is -0.349 e. The van der Waals surface area contributed by atoms with Gasteiger partial charge in [0.25, 0.3) is 11.8 Å². The third-order valence-corrected chi connectivity index (χ3v) is 3.55. The molecule has 5 heteroatoms. The summed E-state index contributed by atoms with van der Waals surface area (Å²) >= 11 is 0. The Kier molecular flexibility index (Phi) is 4.96. The molecule has 0 aliphatic carbocycles. The van der Waals surface area contributed by atoms with Crippen molar-refractivity contribution >= 4 is 17.5 Å². The number of benzene rings is 1. The molecule has 0 saturated heterocycles. The van der Waals surface area contributed by atoms with Crippen LogP contribution in [0.25, 0.3) is 0 Å². The lowest BCUT2D eigenvalue weighted by Crippen LogP contribution is -3.11. The Bertz CT molecular complexity index is 528. The van der Waals surface area contributed by atoms with Gasteiger partial charge in [-0.3, -0.25) is 9.59 Å². The smallest absolute Gasteiger partial charge is 0.282 e. The number of hydrogen-bond acceptors (Lipinski definition) is 2. The number of carbonyl (C=O) groups excluding carboxylic acids is 2. The Morgan fingerprint density at radius 2 is 2.00 bits per heavy atom. The van der Waals surface area contributed by atoms with Crippen LogP contribution in [0.3, 0.4) is 0 Å². The van der Waals surface area contributed by atoms with Crippen LogP contribution in [0, 0.1) is 0 Å². The topological polar surface area (TPSA) is 53.9 Å². The van der Waals surface area contributed by atoms with E-state index in [4.69, 9.17) is 0 Å². The number of nitrogens with zero attached hydrogens (tertiary/aromatic N) is 1. The maximum Gasteiger partial charge on any atom is 0.282 e. The molecule has 0 spiro atoms. The lowest BCUT2D eigenvalue weighted by molar-refractivity contribution is -0.862. The highest BCUT2D eigenvalue weighted by atomic mass is 16.2. The molecule has 21 heavy (non-hydrogen) atoms. The van der Waals surface area contributed by atoms with Gasteiger partial charge in [-0.15, -0.1) is 0 Å². The molecule has 0 bridgehead atoms. The second kappa shape index (κ2) is 6.72. The molecule has 1 aliphatic rings. The van der Waals surface area contributed by atoms with E-state index in [-0.39, 0.29) is 17.9 Å². The molecule has 1 atom stereocenters. The zero-order valence-corrected chi connectivity index (χ0v) is 13.0. The zero-order valence-electron chi connectivity index (χ0n) is 13.0. The molecule has 2 amide bonds. The van der Waals surface area contributed by atoms with Gasteiger partial charge in [-0.2, -0.15) is 0 Å². The van der Waals surface area contributed by atoms with E-state index in [1.54, 1.807) is 0 Å². The quantitative estimate of drug-likeness (QED) is 0.776. The predicted molar refractivity (Wildman–Crippen MR) is 82.4 cm³/mol. The zero-order chi connectivity index (χ0) is 15.4. The molecule has 5 nitrogen and oxygen atoms in total. The molecule has 2 rings (SSSR count). The Balaban J connectivity index is 1.89. The largest absolute Gasteiger partial charge is 0.349 e. The van der Waals surface area contributed by atoms with Crippen molar-refractivity contribution in [2.24, 2.45) is 0 Å². The molecule has 114 valence electrons. The average molecular weight is 290 g/mol. The van der Waals surface area contributed by atoms with Crippen molar-refractivity contribution in [3.8, 4) is 0 Å². The first kappa shape index (κ1) is 15.5. The van der Waals surface area contributed by atoms with E-state index >= 15 is 0 Å². The van der Waals surface area contributed by atoms with E-state index in [0.29, 0.717) is 13.1 Å². The number of nitrogens with one attached hydrogen (secondary N) is 2. The molecular weight excluding hydrogens is 266 g/mol. The van der Waals surface area contributed by atoms with Gasteiger partial charge in [-0.05, 0) is 31.9 Å². The highest BCUT2D eigenvalue weighted by Gasteiger charge is 2.26. The first-order chi connectivity index (χ1) is 9.97. The summed E-state index contributed by atoms with van der Waals surface area (Å²) in [6.07, 6.45) is 0.912. The van der Waals surface area contributed by atoms with Gasteiger partial charge in [0.2, 0.25) is 0 Å². The second-order valence-corrected chi connectivity index (χ2v) is 5.96. The van der Waals surface area contributed by atoms with Crippen LogP contribution in [0.15, 0.2) is 24.3 Å². The lowest BCUT2D eigenvalue weighted by Gasteiger charge is -2.20. The molecule has 1 aromatic carbocycles. The number of para-hydroxylation sites is 1. The van der Waals surface area contributed by atoms with Crippen molar-refractivity contribution in [3.05, 3.63) is 29.8 Å². The SMILES string of the molecule is CC(C)NC(=O)C[NH+](C)CC(=O)N1CCc2ccccc21. The van der Waals surface area contributed by atoms with Crippen LogP contribution < -0.4 is 15.1 Å². The van der Waals surface area contributed by atoms with Crippen LogP contribution in [0.1, 0.15) is 19.4 Å². The molecular formula is C16H24N3O2+. The van der Waals surface area contributed by atoms with Gasteiger partial charge in [0.05, 0.1) is 7.05 Å². The Hall–Kier alpha value is -1.88. The van der Waals surface area contributed by atoms with E-state index in [1.807, 2.05) is 44.0 Å². The highest BCUT2D eigenvalue weighted by molar-refractivity contribution is 5.96. The van der Waals surface area contributed by atoms with Crippen molar-refractivity contribution in [2.45, 2.75) is 26.3 Å². The van der Waals surface area contributed by atoms with E-state index < -0.39 is 0 Å². The normalized spacial score (nSPS) is 15.0. The van der Waals surface area contributed by atoms with Crippen molar-refractivity contribution in [1.82, 2.24) is 5.32 Å². The van der Waals surface area contributed by atoms with Gasteiger partial charge in [0.1, 0.15) is 0 Å². The number of rotatable bonds is 5. The summed E-state index contributed by atoms with van der Waals surface area (Å²) in [7, 11) is 1.87. The summed E-state index contributed by atoms with van der Waals surface area (Å²) in [5.74, 6) is 0.0620. The number of anilines is 1. The van der Waals surface area contributed by atoms with Gasteiger partial charge >= 0.3 is 0 Å². The second-order valence-electron chi connectivity index (χ2n) is 5.96. The third kappa shape index (κ3) is 4.04. The van der Waals surface area contributed by atoms with Crippen molar-refractivity contribution in [2.75, 3.05) is 31.6 Å². The molecule has 1 unspecified atom stereocenters. The lowest BCUT2D eigenvalue weighted by atomic mass is 10.2. The molecule has 0 aromatic heterocycles. The van der Waals surface area contributed by atoms with E-state index in [1.165, 1.54) is 5.56 Å². The van der Waals surface area contributed by atoms with E-state index in [9.17, 15) is 9.59 Å². The number of likely N-dealkylation sites (N-methyl/N-ethyl adjacent to an activating group) is 1. The van der Waals surface area contributed by atoms with Crippen LogP contribution in [-0.4, -0.2) is 44.5 Å². The van der Waals surface area contributed by atoms with Crippen LogP contribution in [0.2, 0.25) is 0 Å². The molecule has 1 aromatic rings. The Morgan fingerprint density at radius 3 is 2.71 bits per heavy atom. The van der Waals surface area contributed by atoms with Gasteiger partial charge < -0.3 is 15.1 Å². The van der Waals surface area contributed by atoms with E-state index in [0.717, 1.165) is 23.6 Å². The fraction of sp³-hybridized carbons (Fsp3) is 0.500. The Morgan fingerprint density at radius 1 is 1.29 bits per heavy atom. The van der Waals surface area contributed by atoms with Crippen LogP contribution in [0.5, 0.6) is 0 Å². The first-order valence-corrected chi connectivity index (χ1v) is 7.46. The fourth-order valence-electron chi connectivity index (χ4n) is 2.66. The van der Waals surface area contributed by atoms with Gasteiger partial charge in [0, 0.05) is 18.3 Å². The maximum atomic E-state index is 12.4. The van der Waals surface area contributed by atoms with Gasteiger partial charge in [-0.1, -0.05) is 18.2 Å². The molecule has 1 heterocycles. The van der Waals surface area contributed by atoms with Gasteiger partial charge in [-0.25, -0.2) is 0 Å². The molecule has 0 radical (unpaired) electrons. The third-order valence-electron chi connectivity index (χ3n) is 3.55. The average Bonchev–Trinajstić information content (AvgIpc) is 2.80. The summed E-state index contributed by atoms with van der Waals surface area (Å²) in [5.41, 5.74) is 2.24. The fourth-order valence-corrected chi connectivity index (χ4v) is 2.66. The summed E-state index contributed by atoms with van der Waals surface area (Å²) in [5, 5.41) is 2.85. The summed E-state index contributed by atoms with van der Waals surface area (Å²) in [4.78, 5) is 26.8. The number of amides is 2. The van der Waals surface area contributed by atoms with Crippen molar-refractivity contribution < 1.29 is 14.5 Å². The molecule has 0 fully saturated rings. The minimum absolute atomic E-state index is 0.0166. The van der Waals surface area contributed by atoms with E-state index in [2.05, 4.69) is 11.4 Å². The molecule has 2 N–H and O–H groups in total. The van der Waals surface area contributed by atoms with Crippen LogP contribution in [0.4, 0.5) is 5.69 Å².